The van der Waals surface area contributed by atoms with Gasteiger partial charge in [-0.25, -0.2) is 0 Å². The lowest BCUT2D eigenvalue weighted by Crippen LogP contribution is -2.52. The molecule has 0 saturated heterocycles. The molecule has 0 fully saturated rings. The van der Waals surface area contributed by atoms with Gasteiger partial charge in [-0.15, -0.1) is 0 Å². The second-order valence-electron chi connectivity index (χ2n) is 5.73. The van der Waals surface area contributed by atoms with Crippen LogP contribution in [0.2, 0.25) is 0 Å². The van der Waals surface area contributed by atoms with E-state index in [1.807, 2.05) is 20.8 Å². The van der Waals surface area contributed by atoms with E-state index in [2.05, 4.69) is 48.7 Å². The topological polar surface area (TPSA) is 41.1 Å². The van der Waals surface area contributed by atoms with Crippen LogP contribution in [0.15, 0.2) is 24.3 Å². The second-order valence-corrected chi connectivity index (χ2v) is 5.73. The minimum atomic E-state index is -0.521. The van der Waals surface area contributed by atoms with E-state index in [9.17, 15) is 4.79 Å². The summed E-state index contributed by atoms with van der Waals surface area (Å²) >= 11 is 0. The lowest BCUT2D eigenvalue weighted by Gasteiger charge is -2.24. The molecule has 1 rings (SSSR count). The third-order valence-corrected chi connectivity index (χ3v) is 3.29. The fourth-order valence-electron chi connectivity index (χ4n) is 1.95. The Bertz CT molecular complexity index is 407. The number of likely N-dealkylation sites (N-methyl/N-ethyl adjacent to an activating group) is 1. The van der Waals surface area contributed by atoms with Gasteiger partial charge in [-0.1, -0.05) is 45.0 Å². The summed E-state index contributed by atoms with van der Waals surface area (Å²) in [5, 5.41) is 6.14. The zero-order valence-corrected chi connectivity index (χ0v) is 12.7. The number of hydrogen-bond donors (Lipinski definition) is 2. The van der Waals surface area contributed by atoms with E-state index in [1.54, 1.807) is 0 Å². The first kappa shape index (κ1) is 15.7. The molecule has 3 heteroatoms. The SMILES string of the molecule is CCNC(C)(C)C(=O)NCc1ccc(C(C)C)cc1. The number of hydrogen-bond acceptors (Lipinski definition) is 2. The summed E-state index contributed by atoms with van der Waals surface area (Å²) in [5.74, 6) is 0.568. The number of benzene rings is 1. The summed E-state index contributed by atoms with van der Waals surface area (Å²) in [6, 6.07) is 8.41. The minimum Gasteiger partial charge on any atom is -0.350 e. The van der Waals surface area contributed by atoms with Crippen LogP contribution in [0.5, 0.6) is 0 Å². The van der Waals surface area contributed by atoms with E-state index >= 15 is 0 Å². The molecule has 19 heavy (non-hydrogen) atoms. The standard InChI is InChI=1S/C16H26N2O/c1-6-18-16(4,5)15(19)17-11-13-7-9-14(10-8-13)12(2)3/h7-10,12,18H,6,11H2,1-5H3,(H,17,19). The van der Waals surface area contributed by atoms with E-state index in [4.69, 9.17) is 0 Å². The summed E-state index contributed by atoms with van der Waals surface area (Å²) in [6.45, 7) is 11.5. The number of nitrogens with one attached hydrogen (secondary N) is 2. The van der Waals surface area contributed by atoms with Gasteiger partial charge in [-0.3, -0.25) is 4.79 Å². The van der Waals surface area contributed by atoms with Gasteiger partial charge >= 0.3 is 0 Å². The molecule has 0 aliphatic heterocycles. The van der Waals surface area contributed by atoms with E-state index in [1.165, 1.54) is 5.56 Å². The Kier molecular flexibility index (Phi) is 5.55. The minimum absolute atomic E-state index is 0.0299. The van der Waals surface area contributed by atoms with E-state index in [-0.39, 0.29) is 5.91 Å². The molecular formula is C16H26N2O. The smallest absolute Gasteiger partial charge is 0.239 e. The van der Waals surface area contributed by atoms with Gasteiger partial charge in [-0.05, 0) is 37.4 Å². The number of amides is 1. The zero-order valence-electron chi connectivity index (χ0n) is 12.7. The average molecular weight is 262 g/mol. The molecule has 0 spiro atoms. The summed E-state index contributed by atoms with van der Waals surface area (Å²) in [5.41, 5.74) is 1.93. The Morgan fingerprint density at radius 2 is 1.79 bits per heavy atom. The van der Waals surface area contributed by atoms with E-state index < -0.39 is 5.54 Å². The van der Waals surface area contributed by atoms with Crippen LogP contribution in [0.4, 0.5) is 0 Å². The van der Waals surface area contributed by atoms with E-state index in [0.717, 1.165) is 12.1 Å². The Balaban J connectivity index is 2.55. The Labute approximate surface area is 116 Å². The molecule has 0 aromatic heterocycles. The van der Waals surface area contributed by atoms with Crippen LogP contribution in [0.3, 0.4) is 0 Å². The zero-order chi connectivity index (χ0) is 14.5. The fourth-order valence-corrected chi connectivity index (χ4v) is 1.95. The van der Waals surface area contributed by atoms with Gasteiger partial charge < -0.3 is 10.6 Å². The third kappa shape index (κ3) is 4.67. The molecule has 0 saturated carbocycles. The van der Waals surface area contributed by atoms with Crippen molar-refractivity contribution in [1.29, 1.82) is 0 Å². The molecule has 1 amide bonds. The van der Waals surface area contributed by atoms with Crippen molar-refractivity contribution in [2.75, 3.05) is 6.54 Å². The summed E-state index contributed by atoms with van der Waals surface area (Å²) in [4.78, 5) is 12.0. The van der Waals surface area contributed by atoms with Gasteiger partial charge in [0, 0.05) is 6.54 Å². The van der Waals surface area contributed by atoms with Gasteiger partial charge in [-0.2, -0.15) is 0 Å². The predicted molar refractivity (Wildman–Crippen MR) is 80.1 cm³/mol. The van der Waals surface area contributed by atoms with Crippen molar-refractivity contribution in [3.63, 3.8) is 0 Å². The molecule has 1 aromatic carbocycles. The van der Waals surface area contributed by atoms with Crippen LogP contribution < -0.4 is 10.6 Å². The van der Waals surface area contributed by atoms with Gasteiger partial charge in [0.2, 0.25) is 5.91 Å². The van der Waals surface area contributed by atoms with Crippen LogP contribution in [0.25, 0.3) is 0 Å². The average Bonchev–Trinajstić information content (AvgIpc) is 2.36. The maximum atomic E-state index is 12.0. The lowest BCUT2D eigenvalue weighted by molar-refractivity contribution is -0.126. The molecule has 0 aliphatic carbocycles. The molecular weight excluding hydrogens is 236 g/mol. The molecule has 0 bridgehead atoms. The van der Waals surface area contributed by atoms with Crippen LogP contribution in [-0.4, -0.2) is 18.0 Å². The molecule has 0 unspecified atom stereocenters. The van der Waals surface area contributed by atoms with Crippen molar-refractivity contribution >= 4 is 5.91 Å². The van der Waals surface area contributed by atoms with Crippen LogP contribution >= 0.6 is 0 Å². The number of carbonyl (C=O) groups excluding carboxylic acids is 1. The lowest BCUT2D eigenvalue weighted by atomic mass is 10.0. The van der Waals surface area contributed by atoms with Crippen molar-refractivity contribution < 1.29 is 4.79 Å². The predicted octanol–water partition coefficient (Wildman–Crippen LogP) is 2.81. The Hall–Kier alpha value is -1.35. The molecule has 0 aliphatic rings. The van der Waals surface area contributed by atoms with Crippen LogP contribution in [0, 0.1) is 0 Å². The number of rotatable bonds is 6. The molecule has 1 aromatic rings. The molecule has 0 atom stereocenters. The van der Waals surface area contributed by atoms with Gasteiger partial charge in [0.05, 0.1) is 5.54 Å². The monoisotopic (exact) mass is 262 g/mol. The van der Waals surface area contributed by atoms with Crippen LogP contribution in [0.1, 0.15) is 51.7 Å². The summed E-state index contributed by atoms with van der Waals surface area (Å²) < 4.78 is 0. The fraction of sp³-hybridized carbons (Fsp3) is 0.562. The first-order chi connectivity index (χ1) is 8.86. The molecule has 106 valence electrons. The quantitative estimate of drug-likeness (QED) is 0.827. The maximum absolute atomic E-state index is 12.0. The molecule has 2 N–H and O–H groups in total. The highest BCUT2D eigenvalue weighted by Gasteiger charge is 2.25. The Morgan fingerprint density at radius 3 is 2.26 bits per heavy atom. The van der Waals surface area contributed by atoms with Crippen molar-refractivity contribution in [3.05, 3.63) is 35.4 Å². The van der Waals surface area contributed by atoms with Gasteiger partial charge in [0.25, 0.3) is 0 Å². The highest BCUT2D eigenvalue weighted by molar-refractivity contribution is 5.85. The number of carbonyl (C=O) groups is 1. The molecule has 0 radical (unpaired) electrons. The van der Waals surface area contributed by atoms with Crippen molar-refractivity contribution in [2.24, 2.45) is 0 Å². The van der Waals surface area contributed by atoms with Gasteiger partial charge in [0.1, 0.15) is 0 Å². The normalized spacial score (nSPS) is 11.7. The highest BCUT2D eigenvalue weighted by atomic mass is 16.2. The van der Waals surface area contributed by atoms with Crippen molar-refractivity contribution in [1.82, 2.24) is 10.6 Å². The summed E-state index contributed by atoms with van der Waals surface area (Å²) in [7, 11) is 0. The first-order valence-corrected chi connectivity index (χ1v) is 6.99. The van der Waals surface area contributed by atoms with Gasteiger partial charge in [0.15, 0.2) is 0 Å². The third-order valence-electron chi connectivity index (χ3n) is 3.29. The first-order valence-electron chi connectivity index (χ1n) is 6.99. The molecule has 0 heterocycles. The van der Waals surface area contributed by atoms with Crippen molar-refractivity contribution in [3.8, 4) is 0 Å². The largest absolute Gasteiger partial charge is 0.350 e. The Morgan fingerprint density at radius 1 is 1.21 bits per heavy atom. The second kappa shape index (κ2) is 6.71. The van der Waals surface area contributed by atoms with E-state index in [0.29, 0.717) is 12.5 Å². The highest BCUT2D eigenvalue weighted by Crippen LogP contribution is 2.14. The molecule has 3 nitrogen and oxygen atoms in total. The summed E-state index contributed by atoms with van der Waals surface area (Å²) in [6.07, 6.45) is 0. The van der Waals surface area contributed by atoms with Crippen molar-refractivity contribution in [2.45, 2.75) is 52.6 Å². The van der Waals surface area contributed by atoms with Crippen LogP contribution in [-0.2, 0) is 11.3 Å². The maximum Gasteiger partial charge on any atom is 0.239 e.